The van der Waals surface area contributed by atoms with Crippen LogP contribution < -0.4 is 5.32 Å². The number of ether oxygens (including phenoxy) is 1. The molecule has 1 N–H and O–H groups in total. The van der Waals surface area contributed by atoms with Crippen LogP contribution in [0.2, 0.25) is 0 Å². The van der Waals surface area contributed by atoms with Crippen molar-refractivity contribution in [2.24, 2.45) is 0 Å². The number of hydrogen-bond donors (Lipinski definition) is 1. The molecule has 1 aromatic heterocycles. The van der Waals surface area contributed by atoms with E-state index in [4.69, 9.17) is 4.74 Å². The van der Waals surface area contributed by atoms with Gasteiger partial charge in [-0.2, -0.15) is 4.31 Å². The Kier molecular flexibility index (Phi) is 7.54. The first kappa shape index (κ1) is 23.2. The number of carbonyl (C=O) groups is 1. The number of aromatic nitrogens is 2. The lowest BCUT2D eigenvalue weighted by Gasteiger charge is -2.26. The van der Waals surface area contributed by atoms with Crippen molar-refractivity contribution in [3.63, 3.8) is 0 Å². The van der Waals surface area contributed by atoms with Crippen molar-refractivity contribution in [2.75, 3.05) is 26.3 Å². The first-order chi connectivity index (χ1) is 16.0. The molecule has 2 aromatic carbocycles. The number of hydrogen-bond acceptors (Lipinski definition) is 5. The summed E-state index contributed by atoms with van der Waals surface area (Å²) in [6.45, 7) is 2.78. The normalized spacial score (nSPS) is 14.8. The van der Waals surface area contributed by atoms with E-state index in [1.807, 2.05) is 29.0 Å². The Labute approximate surface area is 194 Å². The molecule has 4 rings (SSSR count). The molecule has 174 valence electrons. The number of nitrogens with zero attached hydrogens (tertiary/aromatic N) is 3. The summed E-state index contributed by atoms with van der Waals surface area (Å²) in [6.07, 6.45) is 6.33. The topological polar surface area (TPSA) is 93.5 Å². The van der Waals surface area contributed by atoms with Crippen LogP contribution in [0, 0.1) is 0 Å². The maximum atomic E-state index is 12.7. The van der Waals surface area contributed by atoms with Gasteiger partial charge < -0.3 is 14.6 Å². The number of aryl methyl sites for hydroxylation is 1. The molecule has 0 atom stereocenters. The van der Waals surface area contributed by atoms with Gasteiger partial charge in [0.1, 0.15) is 0 Å². The minimum absolute atomic E-state index is 0.0416. The number of nitrogens with one attached hydrogen (secondary N) is 1. The molecule has 2 heterocycles. The zero-order chi connectivity index (χ0) is 23.1. The second-order valence-corrected chi connectivity index (χ2v) is 9.93. The molecule has 1 amide bonds. The van der Waals surface area contributed by atoms with E-state index in [9.17, 15) is 13.2 Å². The molecule has 0 spiro atoms. The van der Waals surface area contributed by atoms with Crippen LogP contribution in [0.5, 0.6) is 0 Å². The number of sulfonamides is 1. The van der Waals surface area contributed by atoms with Crippen molar-refractivity contribution in [1.29, 1.82) is 0 Å². The number of morpholine rings is 1. The van der Waals surface area contributed by atoms with Crippen LogP contribution in [0.15, 0.2) is 72.1 Å². The zero-order valence-electron chi connectivity index (χ0n) is 18.4. The zero-order valence-corrected chi connectivity index (χ0v) is 19.2. The van der Waals surface area contributed by atoms with Crippen molar-refractivity contribution in [2.45, 2.75) is 30.8 Å². The maximum absolute atomic E-state index is 12.7. The van der Waals surface area contributed by atoms with E-state index in [-0.39, 0.29) is 10.8 Å². The largest absolute Gasteiger partial charge is 0.379 e. The number of carbonyl (C=O) groups excluding carboxylic acids is 1. The summed E-state index contributed by atoms with van der Waals surface area (Å²) in [7, 11) is -3.50. The lowest BCUT2D eigenvalue weighted by molar-refractivity contribution is -0.121. The Bertz CT molecular complexity index is 1160. The Morgan fingerprint density at radius 2 is 1.79 bits per heavy atom. The first-order valence-corrected chi connectivity index (χ1v) is 12.4. The van der Waals surface area contributed by atoms with Crippen molar-refractivity contribution in [3.05, 3.63) is 83.9 Å². The van der Waals surface area contributed by atoms with E-state index in [1.165, 1.54) is 4.31 Å². The maximum Gasteiger partial charge on any atom is 0.243 e. The fourth-order valence-corrected chi connectivity index (χ4v) is 5.15. The van der Waals surface area contributed by atoms with Gasteiger partial charge in [0.15, 0.2) is 0 Å². The Balaban J connectivity index is 1.25. The molecule has 1 saturated heterocycles. The molecule has 1 fully saturated rings. The highest BCUT2D eigenvalue weighted by atomic mass is 32.2. The summed E-state index contributed by atoms with van der Waals surface area (Å²) in [4.78, 5) is 16.7. The van der Waals surface area contributed by atoms with Crippen molar-refractivity contribution < 1.29 is 17.9 Å². The minimum Gasteiger partial charge on any atom is -0.379 e. The van der Waals surface area contributed by atoms with E-state index in [0.29, 0.717) is 45.7 Å². The first-order valence-electron chi connectivity index (χ1n) is 11.0. The molecule has 0 bridgehead atoms. The molecule has 9 heteroatoms. The molecule has 0 radical (unpaired) electrons. The van der Waals surface area contributed by atoms with E-state index in [2.05, 4.69) is 16.4 Å². The molecule has 8 nitrogen and oxygen atoms in total. The Morgan fingerprint density at radius 1 is 1.03 bits per heavy atom. The van der Waals surface area contributed by atoms with Gasteiger partial charge >= 0.3 is 0 Å². The fourth-order valence-electron chi connectivity index (χ4n) is 3.74. The van der Waals surface area contributed by atoms with Crippen molar-refractivity contribution in [1.82, 2.24) is 19.2 Å². The average Bonchev–Trinajstić information content (AvgIpc) is 3.35. The van der Waals surface area contributed by atoms with Crippen LogP contribution in [-0.2, 0) is 39.1 Å². The summed E-state index contributed by atoms with van der Waals surface area (Å²) < 4.78 is 34.1. The third-order valence-corrected chi connectivity index (χ3v) is 7.49. The number of benzene rings is 2. The molecular weight excluding hydrogens is 440 g/mol. The van der Waals surface area contributed by atoms with Gasteiger partial charge in [-0.15, -0.1) is 0 Å². The van der Waals surface area contributed by atoms with Crippen molar-refractivity contribution >= 4 is 15.9 Å². The second kappa shape index (κ2) is 10.7. The minimum atomic E-state index is -3.50. The van der Waals surface area contributed by atoms with Crippen LogP contribution in [0.25, 0.3) is 0 Å². The number of imidazole rings is 1. The molecule has 3 aromatic rings. The standard InChI is InChI=1S/C24H28N4O4S/c29-24(26-17-21-2-1-3-22(16-21)18-27-11-10-25-19-27)9-6-20-4-7-23(8-5-20)33(30,31)28-12-14-32-15-13-28/h1-5,7-8,10-11,16,19H,6,9,12-15,17-18H2,(H,26,29). The molecule has 0 saturated carbocycles. The lowest BCUT2D eigenvalue weighted by atomic mass is 10.1. The van der Waals surface area contributed by atoms with Gasteiger partial charge in [0, 0.05) is 45.0 Å². The van der Waals surface area contributed by atoms with Gasteiger partial charge in [0.05, 0.1) is 24.4 Å². The van der Waals surface area contributed by atoms with E-state index >= 15 is 0 Å². The Hall–Kier alpha value is -3.01. The highest BCUT2D eigenvalue weighted by molar-refractivity contribution is 7.89. The summed E-state index contributed by atoms with van der Waals surface area (Å²) in [6, 6.07) is 14.9. The predicted octanol–water partition coefficient (Wildman–Crippen LogP) is 2.20. The molecule has 1 aliphatic heterocycles. The van der Waals surface area contributed by atoms with Gasteiger partial charge in [-0.1, -0.05) is 36.4 Å². The molecule has 1 aliphatic rings. The van der Waals surface area contributed by atoms with E-state index in [1.54, 1.807) is 36.8 Å². The van der Waals surface area contributed by atoms with Crippen LogP contribution in [0.1, 0.15) is 23.1 Å². The van der Waals surface area contributed by atoms with Gasteiger partial charge in [0.25, 0.3) is 0 Å². The van der Waals surface area contributed by atoms with Crippen LogP contribution in [0.4, 0.5) is 0 Å². The third kappa shape index (κ3) is 6.28. The summed E-state index contributed by atoms with van der Waals surface area (Å²) >= 11 is 0. The van der Waals surface area contributed by atoms with Crippen molar-refractivity contribution in [3.8, 4) is 0 Å². The van der Waals surface area contributed by atoms with Crippen LogP contribution in [0.3, 0.4) is 0 Å². The fraction of sp³-hybridized carbons (Fsp3) is 0.333. The SMILES string of the molecule is O=C(CCc1ccc(S(=O)(=O)N2CCOCC2)cc1)NCc1cccc(Cn2ccnc2)c1. The average molecular weight is 469 g/mol. The number of rotatable bonds is 9. The van der Waals surface area contributed by atoms with Crippen LogP contribution >= 0.6 is 0 Å². The van der Waals surface area contributed by atoms with E-state index < -0.39 is 10.0 Å². The second-order valence-electron chi connectivity index (χ2n) is 7.99. The van der Waals surface area contributed by atoms with Gasteiger partial charge in [-0.25, -0.2) is 13.4 Å². The van der Waals surface area contributed by atoms with Gasteiger partial charge in [0.2, 0.25) is 15.9 Å². The quantitative estimate of drug-likeness (QED) is 0.520. The lowest BCUT2D eigenvalue weighted by Crippen LogP contribution is -2.40. The summed E-state index contributed by atoms with van der Waals surface area (Å²) in [5.41, 5.74) is 3.11. The third-order valence-electron chi connectivity index (χ3n) is 5.58. The van der Waals surface area contributed by atoms with Gasteiger partial charge in [-0.05, 0) is 35.2 Å². The smallest absolute Gasteiger partial charge is 0.243 e. The molecule has 0 aliphatic carbocycles. The highest BCUT2D eigenvalue weighted by Crippen LogP contribution is 2.18. The summed E-state index contributed by atoms with van der Waals surface area (Å²) in [5, 5.41) is 2.96. The summed E-state index contributed by atoms with van der Waals surface area (Å²) in [5.74, 6) is -0.0416. The highest BCUT2D eigenvalue weighted by Gasteiger charge is 2.26. The molecule has 33 heavy (non-hydrogen) atoms. The molecular formula is C24H28N4O4S. The van der Waals surface area contributed by atoms with E-state index in [0.717, 1.165) is 23.2 Å². The Morgan fingerprint density at radius 3 is 2.52 bits per heavy atom. The van der Waals surface area contributed by atoms with Gasteiger partial charge in [-0.3, -0.25) is 4.79 Å². The molecule has 0 unspecified atom stereocenters. The number of amides is 1. The monoisotopic (exact) mass is 468 g/mol. The predicted molar refractivity (Wildman–Crippen MR) is 124 cm³/mol. The van der Waals surface area contributed by atoms with Crippen LogP contribution in [-0.4, -0.2) is 54.5 Å².